The molecule has 1 aromatic heterocycles. The van der Waals surface area contributed by atoms with Crippen molar-refractivity contribution in [2.75, 3.05) is 0 Å². The summed E-state index contributed by atoms with van der Waals surface area (Å²) in [7, 11) is 0. The summed E-state index contributed by atoms with van der Waals surface area (Å²) >= 11 is 1.44. The van der Waals surface area contributed by atoms with Gasteiger partial charge in [0.05, 0.1) is 9.80 Å². The molecule has 0 aliphatic carbocycles. The number of nitro groups is 1. The molecule has 1 aromatic carbocycles. The maximum absolute atomic E-state index is 10.5. The molecule has 6 heteroatoms. The second-order valence-corrected chi connectivity index (χ2v) is 4.18. The fourth-order valence-electron chi connectivity index (χ4n) is 1.40. The Kier molecular flexibility index (Phi) is 3.15. The molecule has 0 aliphatic heterocycles. The highest BCUT2D eigenvalue weighted by atomic mass is 32.1. The minimum atomic E-state index is -0.468. The molecule has 0 fully saturated rings. The molecule has 0 spiro atoms. The van der Waals surface area contributed by atoms with E-state index in [2.05, 4.69) is 5.16 Å². The molecule has 0 radical (unpaired) electrons. The van der Waals surface area contributed by atoms with Crippen molar-refractivity contribution >= 4 is 22.7 Å². The smallest absolute Gasteiger partial charge is 0.269 e. The molecule has 0 unspecified atom stereocenters. The van der Waals surface area contributed by atoms with Crippen LogP contribution in [0.25, 0.3) is 0 Å². The van der Waals surface area contributed by atoms with Gasteiger partial charge in [-0.3, -0.25) is 10.1 Å². The van der Waals surface area contributed by atoms with E-state index in [0.717, 1.165) is 4.88 Å². The van der Waals surface area contributed by atoms with E-state index in [4.69, 9.17) is 5.21 Å². The molecule has 17 heavy (non-hydrogen) atoms. The van der Waals surface area contributed by atoms with Crippen LogP contribution in [0.4, 0.5) is 5.69 Å². The summed E-state index contributed by atoms with van der Waals surface area (Å²) in [5.74, 6) is 0. The van der Waals surface area contributed by atoms with Crippen LogP contribution in [0.5, 0.6) is 0 Å². The monoisotopic (exact) mass is 248 g/mol. The molecule has 86 valence electrons. The van der Waals surface area contributed by atoms with E-state index < -0.39 is 4.92 Å². The van der Waals surface area contributed by atoms with Gasteiger partial charge in [0.25, 0.3) is 5.69 Å². The maximum Gasteiger partial charge on any atom is 0.269 e. The number of hydrogen-bond donors (Lipinski definition) is 1. The van der Waals surface area contributed by atoms with Crippen LogP contribution in [0, 0.1) is 10.1 Å². The standard InChI is InChI=1S/C11H8N2O3S/c14-12-11(10-2-1-7-17-10)8-3-5-9(6-4-8)13(15)16/h1-7,14H. The first-order valence-electron chi connectivity index (χ1n) is 4.73. The predicted molar refractivity (Wildman–Crippen MR) is 64.8 cm³/mol. The summed E-state index contributed by atoms with van der Waals surface area (Å²) in [5, 5.41) is 24.6. The zero-order valence-corrected chi connectivity index (χ0v) is 9.42. The van der Waals surface area contributed by atoms with Gasteiger partial charge in [-0.25, -0.2) is 0 Å². The Hall–Kier alpha value is -2.21. The van der Waals surface area contributed by atoms with Gasteiger partial charge in [0.1, 0.15) is 5.71 Å². The van der Waals surface area contributed by atoms with Gasteiger partial charge in [0.15, 0.2) is 0 Å². The summed E-state index contributed by atoms with van der Waals surface area (Å²) < 4.78 is 0. The van der Waals surface area contributed by atoms with Gasteiger partial charge < -0.3 is 5.21 Å². The fraction of sp³-hybridized carbons (Fsp3) is 0. The summed E-state index contributed by atoms with van der Waals surface area (Å²) in [6.07, 6.45) is 0. The Bertz CT molecular complexity index is 547. The summed E-state index contributed by atoms with van der Waals surface area (Å²) in [4.78, 5) is 10.8. The molecule has 0 saturated carbocycles. The van der Waals surface area contributed by atoms with Crippen LogP contribution in [0.3, 0.4) is 0 Å². The van der Waals surface area contributed by atoms with Gasteiger partial charge in [0, 0.05) is 17.7 Å². The van der Waals surface area contributed by atoms with E-state index in [1.54, 1.807) is 12.1 Å². The second kappa shape index (κ2) is 4.75. The molecular weight excluding hydrogens is 240 g/mol. The van der Waals surface area contributed by atoms with Crippen LogP contribution in [0.2, 0.25) is 0 Å². The number of rotatable bonds is 3. The average molecular weight is 248 g/mol. The van der Waals surface area contributed by atoms with Crippen LogP contribution in [-0.4, -0.2) is 15.8 Å². The lowest BCUT2D eigenvalue weighted by atomic mass is 10.1. The van der Waals surface area contributed by atoms with Crippen molar-refractivity contribution in [1.29, 1.82) is 0 Å². The average Bonchev–Trinajstić information content (AvgIpc) is 2.84. The van der Waals surface area contributed by atoms with Gasteiger partial charge in [-0.15, -0.1) is 11.3 Å². The van der Waals surface area contributed by atoms with Gasteiger partial charge in [-0.2, -0.15) is 0 Å². The molecule has 2 rings (SSSR count). The van der Waals surface area contributed by atoms with E-state index >= 15 is 0 Å². The first-order valence-corrected chi connectivity index (χ1v) is 5.61. The fourth-order valence-corrected chi connectivity index (χ4v) is 2.13. The van der Waals surface area contributed by atoms with Crippen LogP contribution < -0.4 is 0 Å². The lowest BCUT2D eigenvalue weighted by molar-refractivity contribution is -0.384. The Morgan fingerprint density at radius 2 is 2.00 bits per heavy atom. The van der Waals surface area contributed by atoms with E-state index in [9.17, 15) is 10.1 Å². The van der Waals surface area contributed by atoms with Crippen molar-refractivity contribution in [3.05, 3.63) is 62.3 Å². The summed E-state index contributed by atoms with van der Waals surface area (Å²) in [6, 6.07) is 9.56. The van der Waals surface area contributed by atoms with E-state index in [1.807, 2.05) is 17.5 Å². The third kappa shape index (κ3) is 2.31. The zero-order valence-electron chi connectivity index (χ0n) is 8.61. The van der Waals surface area contributed by atoms with Crippen molar-refractivity contribution in [3.63, 3.8) is 0 Å². The van der Waals surface area contributed by atoms with Crippen molar-refractivity contribution in [2.24, 2.45) is 5.16 Å². The zero-order chi connectivity index (χ0) is 12.3. The Morgan fingerprint density at radius 1 is 1.29 bits per heavy atom. The lowest BCUT2D eigenvalue weighted by Gasteiger charge is -2.01. The van der Waals surface area contributed by atoms with Crippen LogP contribution in [0.1, 0.15) is 10.4 Å². The SMILES string of the molecule is O=[N+]([O-])c1ccc(C(=NO)c2cccs2)cc1. The van der Waals surface area contributed by atoms with Crippen LogP contribution in [0.15, 0.2) is 46.9 Å². The van der Waals surface area contributed by atoms with Crippen molar-refractivity contribution in [2.45, 2.75) is 0 Å². The van der Waals surface area contributed by atoms with Gasteiger partial charge in [0.2, 0.25) is 0 Å². The van der Waals surface area contributed by atoms with Crippen molar-refractivity contribution in [1.82, 2.24) is 0 Å². The molecule has 0 atom stereocenters. The molecule has 0 bridgehead atoms. The number of non-ortho nitro benzene ring substituents is 1. The highest BCUT2D eigenvalue weighted by Crippen LogP contribution is 2.18. The maximum atomic E-state index is 10.5. The molecular formula is C11H8N2O3S. The first kappa shape index (κ1) is 11.3. The number of thiophene rings is 1. The number of oxime groups is 1. The molecule has 1 heterocycles. The first-order chi connectivity index (χ1) is 8.22. The topological polar surface area (TPSA) is 75.7 Å². The van der Waals surface area contributed by atoms with Crippen LogP contribution in [-0.2, 0) is 0 Å². The van der Waals surface area contributed by atoms with Gasteiger partial charge >= 0.3 is 0 Å². The Morgan fingerprint density at radius 3 is 2.47 bits per heavy atom. The number of nitro benzene ring substituents is 1. The normalized spacial score (nSPS) is 11.4. The third-order valence-corrected chi connectivity index (χ3v) is 3.08. The minimum Gasteiger partial charge on any atom is -0.410 e. The highest BCUT2D eigenvalue weighted by molar-refractivity contribution is 7.12. The van der Waals surface area contributed by atoms with Crippen LogP contribution >= 0.6 is 11.3 Å². The van der Waals surface area contributed by atoms with E-state index in [1.165, 1.54) is 23.5 Å². The Labute approximate surface area is 101 Å². The molecule has 5 nitrogen and oxygen atoms in total. The largest absolute Gasteiger partial charge is 0.410 e. The summed E-state index contributed by atoms with van der Waals surface area (Å²) in [6.45, 7) is 0. The van der Waals surface area contributed by atoms with Gasteiger partial charge in [-0.05, 0) is 23.6 Å². The number of hydrogen-bond acceptors (Lipinski definition) is 5. The Balaban J connectivity index is 2.37. The molecule has 2 aromatic rings. The molecule has 1 N–H and O–H groups in total. The van der Waals surface area contributed by atoms with Crippen molar-refractivity contribution < 1.29 is 10.1 Å². The summed E-state index contributed by atoms with van der Waals surface area (Å²) in [5.41, 5.74) is 1.06. The molecule has 0 saturated heterocycles. The molecule has 0 amide bonds. The molecule has 0 aliphatic rings. The lowest BCUT2D eigenvalue weighted by Crippen LogP contribution is -2.01. The predicted octanol–water partition coefficient (Wildman–Crippen LogP) is 2.88. The third-order valence-electron chi connectivity index (χ3n) is 2.21. The second-order valence-electron chi connectivity index (χ2n) is 3.23. The highest BCUT2D eigenvalue weighted by Gasteiger charge is 2.11. The van der Waals surface area contributed by atoms with Gasteiger partial charge in [-0.1, -0.05) is 11.2 Å². The minimum absolute atomic E-state index is 0.0113. The van der Waals surface area contributed by atoms with E-state index in [-0.39, 0.29) is 5.69 Å². The number of nitrogens with zero attached hydrogens (tertiary/aromatic N) is 2. The van der Waals surface area contributed by atoms with E-state index in [0.29, 0.717) is 11.3 Å². The quantitative estimate of drug-likeness (QED) is 0.392. The van der Waals surface area contributed by atoms with Crippen molar-refractivity contribution in [3.8, 4) is 0 Å². The number of benzene rings is 1.